The number of unbranched alkanes of at least 4 members (excludes halogenated alkanes) is 1. The van der Waals surface area contributed by atoms with Crippen LogP contribution in [-0.2, 0) is 6.42 Å². The molecular weight excluding hydrogens is 306 g/mol. The van der Waals surface area contributed by atoms with Crippen molar-refractivity contribution < 1.29 is 9.72 Å². The fourth-order valence-corrected chi connectivity index (χ4v) is 2.42. The Bertz CT molecular complexity index is 727. The summed E-state index contributed by atoms with van der Waals surface area (Å²) in [5.74, 6) is -0.116. The number of nitrogens with zero attached hydrogens (tertiary/aromatic N) is 1. The molecule has 2 aromatic rings. The van der Waals surface area contributed by atoms with Crippen molar-refractivity contribution in [2.24, 2.45) is 0 Å². The highest BCUT2D eigenvalue weighted by Gasteiger charge is 2.08. The number of amides is 1. The van der Waals surface area contributed by atoms with Gasteiger partial charge in [-0.2, -0.15) is 0 Å². The molecule has 0 saturated carbocycles. The van der Waals surface area contributed by atoms with Crippen LogP contribution in [-0.4, -0.2) is 17.4 Å². The van der Waals surface area contributed by atoms with Gasteiger partial charge in [0, 0.05) is 29.9 Å². The number of carbonyl (C=O) groups excluding carboxylic acids is 1. The van der Waals surface area contributed by atoms with E-state index in [0.717, 1.165) is 30.4 Å². The molecule has 0 bridgehead atoms. The van der Waals surface area contributed by atoms with Crippen molar-refractivity contribution in [2.45, 2.75) is 26.2 Å². The van der Waals surface area contributed by atoms with E-state index in [-0.39, 0.29) is 11.6 Å². The first-order chi connectivity index (χ1) is 11.5. The predicted octanol–water partition coefficient (Wildman–Crippen LogP) is 3.24. The third-order valence-electron chi connectivity index (χ3n) is 3.83. The second-order valence-electron chi connectivity index (χ2n) is 5.71. The minimum absolute atomic E-state index is 0.100. The lowest BCUT2D eigenvalue weighted by molar-refractivity contribution is -0.384. The van der Waals surface area contributed by atoms with Crippen molar-refractivity contribution in [3.05, 3.63) is 69.3 Å². The lowest BCUT2D eigenvalue weighted by atomic mass is 10.1. The van der Waals surface area contributed by atoms with Gasteiger partial charge in [-0.3, -0.25) is 14.9 Å². The molecule has 0 unspecified atom stereocenters. The number of anilines is 1. The normalized spacial score (nSPS) is 10.4. The van der Waals surface area contributed by atoms with Gasteiger partial charge >= 0.3 is 0 Å². The van der Waals surface area contributed by atoms with Gasteiger partial charge in [-0.05, 0) is 49.4 Å². The molecule has 24 heavy (non-hydrogen) atoms. The van der Waals surface area contributed by atoms with Crippen molar-refractivity contribution >= 4 is 17.3 Å². The zero-order chi connectivity index (χ0) is 17.5. The number of hydrogen-bond donors (Lipinski definition) is 2. The number of rotatable bonds is 7. The largest absolute Gasteiger partial charge is 0.399 e. The Morgan fingerprint density at radius 1 is 1.17 bits per heavy atom. The average molecular weight is 327 g/mol. The molecule has 0 aliphatic heterocycles. The number of nitro benzene ring substituents is 1. The number of hydrogen-bond acceptors (Lipinski definition) is 4. The lowest BCUT2D eigenvalue weighted by Crippen LogP contribution is -2.25. The highest BCUT2D eigenvalue weighted by atomic mass is 16.6. The maximum Gasteiger partial charge on any atom is 0.269 e. The maximum atomic E-state index is 12.1. The highest BCUT2D eigenvalue weighted by Crippen LogP contribution is 2.14. The third kappa shape index (κ3) is 4.81. The molecule has 2 aromatic carbocycles. The zero-order valence-electron chi connectivity index (χ0n) is 13.6. The summed E-state index contributed by atoms with van der Waals surface area (Å²) in [5.41, 5.74) is 8.94. The standard InChI is InChI=1S/C18H21N3O3/c1-13-5-8-15(19)12-17(13)18(22)20-11-3-2-4-14-6-9-16(10-7-14)21(23)24/h5-10,12H,2-4,11,19H2,1H3,(H,20,22). The maximum absolute atomic E-state index is 12.1. The Kier molecular flexibility index (Phi) is 5.89. The van der Waals surface area contributed by atoms with Crippen molar-refractivity contribution in [1.29, 1.82) is 0 Å². The predicted molar refractivity (Wildman–Crippen MR) is 94.0 cm³/mol. The number of nitrogens with two attached hydrogens (primary N) is 1. The number of nitrogens with one attached hydrogen (secondary N) is 1. The van der Waals surface area contributed by atoms with Gasteiger partial charge in [-0.1, -0.05) is 18.2 Å². The number of aryl methyl sites for hydroxylation is 2. The van der Waals surface area contributed by atoms with E-state index in [1.165, 1.54) is 12.1 Å². The number of carbonyl (C=O) groups is 1. The third-order valence-corrected chi connectivity index (χ3v) is 3.83. The van der Waals surface area contributed by atoms with E-state index >= 15 is 0 Å². The molecule has 0 heterocycles. The summed E-state index contributed by atoms with van der Waals surface area (Å²) in [7, 11) is 0. The van der Waals surface area contributed by atoms with Gasteiger partial charge in [0.15, 0.2) is 0 Å². The van der Waals surface area contributed by atoms with Crippen molar-refractivity contribution in [2.75, 3.05) is 12.3 Å². The quantitative estimate of drug-likeness (QED) is 0.353. The zero-order valence-corrected chi connectivity index (χ0v) is 13.6. The first-order valence-electron chi connectivity index (χ1n) is 7.85. The minimum atomic E-state index is -0.405. The molecule has 0 atom stereocenters. The van der Waals surface area contributed by atoms with E-state index in [4.69, 9.17) is 5.73 Å². The van der Waals surface area contributed by atoms with Crippen molar-refractivity contribution in [1.82, 2.24) is 5.32 Å². The molecule has 0 fully saturated rings. The monoisotopic (exact) mass is 327 g/mol. The molecule has 3 N–H and O–H groups in total. The van der Waals surface area contributed by atoms with E-state index in [2.05, 4.69) is 5.32 Å². The van der Waals surface area contributed by atoms with E-state index in [9.17, 15) is 14.9 Å². The van der Waals surface area contributed by atoms with Crippen LogP contribution in [0, 0.1) is 17.0 Å². The van der Waals surface area contributed by atoms with Gasteiger partial charge in [-0.15, -0.1) is 0 Å². The Labute approximate surface area is 140 Å². The molecule has 126 valence electrons. The molecule has 0 aliphatic carbocycles. The molecule has 0 aliphatic rings. The first kappa shape index (κ1) is 17.5. The van der Waals surface area contributed by atoms with Crippen LogP contribution in [0.15, 0.2) is 42.5 Å². The van der Waals surface area contributed by atoms with Gasteiger partial charge in [0.25, 0.3) is 11.6 Å². The summed E-state index contributed by atoms with van der Waals surface area (Å²) < 4.78 is 0. The lowest BCUT2D eigenvalue weighted by Gasteiger charge is -2.08. The fraction of sp³-hybridized carbons (Fsp3) is 0.278. The highest BCUT2D eigenvalue weighted by molar-refractivity contribution is 5.96. The molecule has 6 nitrogen and oxygen atoms in total. The molecule has 0 spiro atoms. The number of benzene rings is 2. The van der Waals surface area contributed by atoms with Crippen LogP contribution in [0.1, 0.15) is 34.3 Å². The van der Waals surface area contributed by atoms with E-state index < -0.39 is 4.92 Å². The topological polar surface area (TPSA) is 98.3 Å². The Morgan fingerprint density at radius 3 is 2.54 bits per heavy atom. The number of nitro groups is 1. The van der Waals surface area contributed by atoms with E-state index in [0.29, 0.717) is 17.8 Å². The van der Waals surface area contributed by atoms with Crippen LogP contribution in [0.2, 0.25) is 0 Å². The van der Waals surface area contributed by atoms with Gasteiger partial charge < -0.3 is 11.1 Å². The van der Waals surface area contributed by atoms with Crippen LogP contribution in [0.5, 0.6) is 0 Å². The van der Waals surface area contributed by atoms with Gasteiger partial charge in [0.05, 0.1) is 4.92 Å². The summed E-state index contributed by atoms with van der Waals surface area (Å²) in [5, 5.41) is 13.5. The van der Waals surface area contributed by atoms with E-state index in [1.807, 2.05) is 13.0 Å². The SMILES string of the molecule is Cc1ccc(N)cc1C(=O)NCCCCc1ccc([N+](=O)[O-])cc1. The molecule has 0 aromatic heterocycles. The Morgan fingerprint density at radius 2 is 1.88 bits per heavy atom. The average Bonchev–Trinajstić information content (AvgIpc) is 2.57. The minimum Gasteiger partial charge on any atom is -0.399 e. The van der Waals surface area contributed by atoms with Crippen molar-refractivity contribution in [3.63, 3.8) is 0 Å². The summed E-state index contributed by atoms with van der Waals surface area (Å²) in [4.78, 5) is 22.3. The number of non-ortho nitro benzene ring substituents is 1. The first-order valence-corrected chi connectivity index (χ1v) is 7.85. The van der Waals surface area contributed by atoms with Crippen LogP contribution >= 0.6 is 0 Å². The Hall–Kier alpha value is -2.89. The molecular formula is C18H21N3O3. The summed E-state index contributed by atoms with van der Waals surface area (Å²) >= 11 is 0. The molecule has 2 rings (SSSR count). The van der Waals surface area contributed by atoms with E-state index in [1.54, 1.807) is 24.3 Å². The van der Waals surface area contributed by atoms with Crippen LogP contribution < -0.4 is 11.1 Å². The van der Waals surface area contributed by atoms with Crippen LogP contribution in [0.25, 0.3) is 0 Å². The van der Waals surface area contributed by atoms with Gasteiger partial charge in [-0.25, -0.2) is 0 Å². The van der Waals surface area contributed by atoms with Crippen LogP contribution in [0.3, 0.4) is 0 Å². The summed E-state index contributed by atoms with van der Waals surface area (Å²) in [6.07, 6.45) is 2.56. The second kappa shape index (κ2) is 8.10. The molecule has 0 saturated heterocycles. The Balaban J connectivity index is 1.74. The molecule has 1 amide bonds. The molecule has 6 heteroatoms. The molecule has 0 radical (unpaired) electrons. The van der Waals surface area contributed by atoms with Gasteiger partial charge in [0.1, 0.15) is 0 Å². The summed E-state index contributed by atoms with van der Waals surface area (Å²) in [6, 6.07) is 11.9. The van der Waals surface area contributed by atoms with Crippen LogP contribution in [0.4, 0.5) is 11.4 Å². The van der Waals surface area contributed by atoms with Gasteiger partial charge in [0.2, 0.25) is 0 Å². The summed E-state index contributed by atoms with van der Waals surface area (Å²) in [6.45, 7) is 2.46. The smallest absolute Gasteiger partial charge is 0.269 e. The fourth-order valence-electron chi connectivity index (χ4n) is 2.42. The second-order valence-corrected chi connectivity index (χ2v) is 5.71. The van der Waals surface area contributed by atoms with Crippen molar-refractivity contribution in [3.8, 4) is 0 Å². The number of nitrogen functional groups attached to an aromatic ring is 1.